The van der Waals surface area contributed by atoms with Crippen LogP contribution in [0.5, 0.6) is 0 Å². The minimum absolute atomic E-state index is 0.0645. The maximum Gasteiger partial charge on any atom is 0.280 e. The van der Waals surface area contributed by atoms with Gasteiger partial charge in [0, 0.05) is 13.0 Å². The zero-order valence-electron chi connectivity index (χ0n) is 8.51. The minimum Gasteiger partial charge on any atom is -0.369 e. The van der Waals surface area contributed by atoms with E-state index in [1.807, 2.05) is 0 Å². The summed E-state index contributed by atoms with van der Waals surface area (Å²) in [5.41, 5.74) is 5.81. The highest BCUT2D eigenvalue weighted by molar-refractivity contribution is 5.70. The first kappa shape index (κ1) is 10.3. The van der Waals surface area contributed by atoms with Gasteiger partial charge in [-0.25, -0.2) is 4.98 Å². The van der Waals surface area contributed by atoms with E-state index in [1.54, 1.807) is 4.57 Å². The highest BCUT2D eigenvalue weighted by atomic mass is 16.1. The van der Waals surface area contributed by atoms with Gasteiger partial charge in [0.05, 0.1) is 6.33 Å². The third-order valence-corrected chi connectivity index (χ3v) is 2.21. The van der Waals surface area contributed by atoms with E-state index in [-0.39, 0.29) is 17.0 Å². The largest absolute Gasteiger partial charge is 0.369 e. The summed E-state index contributed by atoms with van der Waals surface area (Å²) in [7, 11) is 0. The van der Waals surface area contributed by atoms with Crippen LogP contribution >= 0.6 is 0 Å². The van der Waals surface area contributed by atoms with Crippen molar-refractivity contribution in [2.45, 2.75) is 19.4 Å². The van der Waals surface area contributed by atoms with Crippen LogP contribution in [0, 0.1) is 0 Å². The number of aryl methyl sites for hydroxylation is 1. The molecule has 2 aromatic rings. The van der Waals surface area contributed by atoms with E-state index in [4.69, 9.17) is 5.73 Å². The van der Waals surface area contributed by atoms with E-state index >= 15 is 0 Å². The molecule has 16 heavy (non-hydrogen) atoms. The molecule has 0 aromatic carbocycles. The highest BCUT2D eigenvalue weighted by Crippen LogP contribution is 2.07. The number of aromatic nitrogens is 4. The molecule has 0 atom stereocenters. The van der Waals surface area contributed by atoms with Crippen molar-refractivity contribution in [3.63, 3.8) is 0 Å². The number of H-pyrrole nitrogens is 1. The first-order chi connectivity index (χ1) is 7.72. The molecule has 2 aromatic heterocycles. The number of rotatable bonds is 4. The summed E-state index contributed by atoms with van der Waals surface area (Å²) in [4.78, 5) is 32.0. The summed E-state index contributed by atoms with van der Waals surface area (Å²) in [5, 5.41) is 0. The Morgan fingerprint density at radius 3 is 3.12 bits per heavy atom. The number of carbonyl (C=O) groups is 1. The second-order valence-corrected chi connectivity index (χ2v) is 3.37. The van der Waals surface area contributed by atoms with Crippen LogP contribution in [0.4, 0.5) is 5.95 Å². The molecule has 0 spiro atoms. The molecule has 0 fully saturated rings. The standard InChI is InChI=1S/C9H11N5O2/c10-9-12-7-6(8(16)13-9)11-5-14(7)3-1-2-4-15/h4-5H,1-3H2,(H3,10,12,13,16). The predicted octanol–water partition coefficient (Wildman–Crippen LogP) is -0.319. The van der Waals surface area contributed by atoms with Crippen LogP contribution in [0.25, 0.3) is 11.2 Å². The maximum atomic E-state index is 11.4. The Hall–Kier alpha value is -2.18. The van der Waals surface area contributed by atoms with Gasteiger partial charge in [0.25, 0.3) is 5.56 Å². The fraction of sp³-hybridized carbons (Fsp3) is 0.333. The first-order valence-corrected chi connectivity index (χ1v) is 4.86. The highest BCUT2D eigenvalue weighted by Gasteiger charge is 2.08. The fourth-order valence-electron chi connectivity index (χ4n) is 1.48. The number of fused-ring (bicyclic) bond motifs is 1. The molecule has 0 aliphatic carbocycles. The van der Waals surface area contributed by atoms with Gasteiger partial charge in [-0.1, -0.05) is 0 Å². The fourth-order valence-corrected chi connectivity index (χ4v) is 1.48. The van der Waals surface area contributed by atoms with Gasteiger partial charge in [-0.3, -0.25) is 9.78 Å². The summed E-state index contributed by atoms with van der Waals surface area (Å²) >= 11 is 0. The van der Waals surface area contributed by atoms with Crippen LogP contribution in [0.3, 0.4) is 0 Å². The number of unbranched alkanes of at least 4 members (excludes halogenated alkanes) is 1. The second kappa shape index (κ2) is 4.13. The van der Waals surface area contributed by atoms with E-state index in [2.05, 4.69) is 15.0 Å². The Morgan fingerprint density at radius 2 is 2.38 bits per heavy atom. The number of aromatic amines is 1. The van der Waals surface area contributed by atoms with Gasteiger partial charge < -0.3 is 15.1 Å². The molecule has 0 aliphatic rings. The molecule has 0 saturated heterocycles. The van der Waals surface area contributed by atoms with Gasteiger partial charge in [0.1, 0.15) is 6.29 Å². The molecule has 0 radical (unpaired) electrons. The van der Waals surface area contributed by atoms with Crippen molar-refractivity contribution in [2.75, 3.05) is 5.73 Å². The number of carbonyl (C=O) groups excluding carboxylic acids is 1. The van der Waals surface area contributed by atoms with Crippen LogP contribution in [-0.2, 0) is 11.3 Å². The second-order valence-electron chi connectivity index (χ2n) is 3.37. The molecule has 84 valence electrons. The molecular weight excluding hydrogens is 210 g/mol. The van der Waals surface area contributed by atoms with E-state index in [0.29, 0.717) is 25.0 Å². The summed E-state index contributed by atoms with van der Waals surface area (Å²) in [6.45, 7) is 0.588. The number of nitrogen functional groups attached to an aromatic ring is 1. The Labute approximate surface area is 90.3 Å². The van der Waals surface area contributed by atoms with E-state index in [9.17, 15) is 9.59 Å². The van der Waals surface area contributed by atoms with Crippen molar-refractivity contribution < 1.29 is 4.79 Å². The van der Waals surface area contributed by atoms with E-state index in [1.165, 1.54) is 6.33 Å². The monoisotopic (exact) mass is 221 g/mol. The lowest BCUT2D eigenvalue weighted by molar-refractivity contribution is -0.107. The van der Waals surface area contributed by atoms with E-state index < -0.39 is 0 Å². The molecule has 0 amide bonds. The third-order valence-electron chi connectivity index (χ3n) is 2.21. The average molecular weight is 221 g/mol. The molecule has 2 heterocycles. The molecular formula is C9H11N5O2. The smallest absolute Gasteiger partial charge is 0.280 e. The Balaban J connectivity index is 2.39. The number of imidazole rings is 1. The van der Waals surface area contributed by atoms with Gasteiger partial charge in [-0.2, -0.15) is 4.98 Å². The van der Waals surface area contributed by atoms with Crippen molar-refractivity contribution in [2.24, 2.45) is 0 Å². The summed E-state index contributed by atoms with van der Waals surface area (Å²) in [5.74, 6) is 0.0645. The lowest BCUT2D eigenvalue weighted by Gasteiger charge is -2.01. The van der Waals surface area contributed by atoms with Crippen LogP contribution in [0.1, 0.15) is 12.8 Å². The summed E-state index contributed by atoms with van der Waals surface area (Å²) < 4.78 is 1.71. The number of anilines is 1. The van der Waals surface area contributed by atoms with Gasteiger partial charge in [0.2, 0.25) is 5.95 Å². The number of aldehydes is 1. The summed E-state index contributed by atoms with van der Waals surface area (Å²) in [6, 6.07) is 0. The quantitative estimate of drug-likeness (QED) is 0.543. The molecule has 3 N–H and O–H groups in total. The normalized spacial score (nSPS) is 10.8. The van der Waals surface area contributed by atoms with Gasteiger partial charge in [0.15, 0.2) is 11.2 Å². The van der Waals surface area contributed by atoms with Crippen LogP contribution in [-0.4, -0.2) is 25.8 Å². The summed E-state index contributed by atoms with van der Waals surface area (Å²) in [6.07, 6.45) is 3.53. The zero-order chi connectivity index (χ0) is 11.5. The Kier molecular flexibility index (Phi) is 2.67. The minimum atomic E-state index is -0.350. The molecule has 0 aliphatic heterocycles. The number of nitrogens with two attached hydrogens (primary N) is 1. The Bertz CT molecular complexity index is 571. The van der Waals surface area contributed by atoms with E-state index in [0.717, 1.165) is 6.29 Å². The van der Waals surface area contributed by atoms with Gasteiger partial charge in [-0.15, -0.1) is 0 Å². The molecule has 2 rings (SSSR count). The van der Waals surface area contributed by atoms with Crippen molar-refractivity contribution in [1.82, 2.24) is 19.5 Å². The molecule has 7 nitrogen and oxygen atoms in total. The topological polar surface area (TPSA) is 107 Å². The van der Waals surface area contributed by atoms with Crippen LogP contribution in [0.2, 0.25) is 0 Å². The van der Waals surface area contributed by atoms with Crippen molar-refractivity contribution in [3.05, 3.63) is 16.7 Å². The predicted molar refractivity (Wildman–Crippen MR) is 57.9 cm³/mol. The number of hydrogen-bond acceptors (Lipinski definition) is 5. The lowest BCUT2D eigenvalue weighted by atomic mass is 10.3. The SMILES string of the molecule is Nc1nc2c(ncn2CCCC=O)c(=O)[nH]1. The molecule has 0 unspecified atom stereocenters. The number of nitrogens with zero attached hydrogens (tertiary/aromatic N) is 3. The molecule has 0 saturated carbocycles. The maximum absolute atomic E-state index is 11.4. The van der Waals surface area contributed by atoms with Crippen molar-refractivity contribution >= 4 is 23.4 Å². The van der Waals surface area contributed by atoms with Crippen molar-refractivity contribution in [1.29, 1.82) is 0 Å². The Morgan fingerprint density at radius 1 is 1.56 bits per heavy atom. The van der Waals surface area contributed by atoms with Gasteiger partial charge >= 0.3 is 0 Å². The van der Waals surface area contributed by atoms with Crippen LogP contribution in [0.15, 0.2) is 11.1 Å². The molecule has 0 bridgehead atoms. The number of hydrogen-bond donors (Lipinski definition) is 2. The average Bonchev–Trinajstić information content (AvgIpc) is 2.62. The van der Waals surface area contributed by atoms with Crippen LogP contribution < -0.4 is 11.3 Å². The van der Waals surface area contributed by atoms with Gasteiger partial charge in [-0.05, 0) is 6.42 Å². The first-order valence-electron chi connectivity index (χ1n) is 4.86. The third kappa shape index (κ3) is 1.79. The number of nitrogens with one attached hydrogen (secondary N) is 1. The lowest BCUT2D eigenvalue weighted by Crippen LogP contribution is -2.12. The molecule has 7 heteroatoms. The van der Waals surface area contributed by atoms with Crippen molar-refractivity contribution in [3.8, 4) is 0 Å². The zero-order valence-corrected chi connectivity index (χ0v) is 8.51.